The Bertz CT molecular complexity index is 1080. The van der Waals surface area contributed by atoms with E-state index in [2.05, 4.69) is 10.4 Å². The van der Waals surface area contributed by atoms with Crippen LogP contribution in [0.15, 0.2) is 54.6 Å². The first kappa shape index (κ1) is 17.1. The number of para-hydroxylation sites is 2. The summed E-state index contributed by atoms with van der Waals surface area (Å²) in [7, 11) is -1.07. The summed E-state index contributed by atoms with van der Waals surface area (Å²) < 4.78 is 13.5. The lowest BCUT2D eigenvalue weighted by Gasteiger charge is -2.11. The molecule has 2 heterocycles. The van der Waals surface area contributed by atoms with Crippen molar-refractivity contribution in [2.75, 3.05) is 5.32 Å². The summed E-state index contributed by atoms with van der Waals surface area (Å²) in [6.45, 7) is 0. The zero-order valence-electron chi connectivity index (χ0n) is 14.0. The van der Waals surface area contributed by atoms with Gasteiger partial charge in [-0.25, -0.2) is 4.68 Å². The SMILES string of the molecule is O=C(Nc1c2c(nn1-c1ccccc1)C[S@](=O)C2)c1ccccc1[N+](=O)[O-]. The molecule has 4 rings (SSSR count). The molecule has 2 aromatic carbocycles. The first-order valence-electron chi connectivity index (χ1n) is 8.10. The fraction of sp³-hybridized carbons (Fsp3) is 0.111. The number of aromatic nitrogens is 2. The number of fused-ring (bicyclic) bond motifs is 1. The Morgan fingerprint density at radius 1 is 1.11 bits per heavy atom. The summed E-state index contributed by atoms with van der Waals surface area (Å²) in [5.41, 5.74) is 1.77. The maximum atomic E-state index is 12.8. The number of carbonyl (C=O) groups excluding carboxylic acids is 1. The van der Waals surface area contributed by atoms with E-state index in [1.54, 1.807) is 10.7 Å². The van der Waals surface area contributed by atoms with E-state index in [-0.39, 0.29) is 17.0 Å². The lowest BCUT2D eigenvalue weighted by Crippen LogP contribution is -2.17. The van der Waals surface area contributed by atoms with Crippen LogP contribution >= 0.6 is 0 Å². The van der Waals surface area contributed by atoms with E-state index in [1.807, 2.05) is 30.3 Å². The highest BCUT2D eigenvalue weighted by Gasteiger charge is 2.29. The predicted molar refractivity (Wildman–Crippen MR) is 100 cm³/mol. The van der Waals surface area contributed by atoms with Gasteiger partial charge in [0.05, 0.1) is 27.8 Å². The number of nitro benzene ring substituents is 1. The molecule has 1 atom stereocenters. The van der Waals surface area contributed by atoms with Crippen LogP contribution in [0.4, 0.5) is 11.5 Å². The molecule has 1 aromatic heterocycles. The van der Waals surface area contributed by atoms with Gasteiger partial charge in [-0.15, -0.1) is 0 Å². The summed E-state index contributed by atoms with van der Waals surface area (Å²) >= 11 is 0. The highest BCUT2D eigenvalue weighted by atomic mass is 32.2. The van der Waals surface area contributed by atoms with Gasteiger partial charge in [-0.1, -0.05) is 30.3 Å². The quantitative estimate of drug-likeness (QED) is 0.551. The summed E-state index contributed by atoms with van der Waals surface area (Å²) in [6, 6.07) is 15.0. The molecule has 3 aromatic rings. The fourth-order valence-corrected chi connectivity index (χ4v) is 4.28. The number of benzene rings is 2. The Kier molecular flexibility index (Phi) is 4.28. The third-order valence-electron chi connectivity index (χ3n) is 4.25. The summed E-state index contributed by atoms with van der Waals surface area (Å²) in [6.07, 6.45) is 0. The zero-order chi connectivity index (χ0) is 19.0. The number of carbonyl (C=O) groups is 1. The third kappa shape index (κ3) is 3.13. The molecule has 0 radical (unpaired) electrons. The van der Waals surface area contributed by atoms with Crippen LogP contribution in [-0.2, 0) is 22.3 Å². The first-order chi connectivity index (χ1) is 13.0. The minimum atomic E-state index is -1.07. The van der Waals surface area contributed by atoms with Gasteiger partial charge in [-0.3, -0.25) is 19.1 Å². The van der Waals surface area contributed by atoms with Gasteiger partial charge in [0.2, 0.25) is 0 Å². The smallest absolute Gasteiger partial charge is 0.282 e. The summed E-state index contributed by atoms with van der Waals surface area (Å²) in [5.74, 6) is 0.392. The van der Waals surface area contributed by atoms with Crippen molar-refractivity contribution in [1.82, 2.24) is 9.78 Å². The average Bonchev–Trinajstić information content (AvgIpc) is 3.19. The Balaban J connectivity index is 1.77. The summed E-state index contributed by atoms with van der Waals surface area (Å²) in [4.78, 5) is 23.4. The molecule has 9 heteroatoms. The van der Waals surface area contributed by atoms with Gasteiger partial charge in [-0.2, -0.15) is 5.10 Å². The molecule has 0 bridgehead atoms. The minimum absolute atomic E-state index is 0.0452. The molecular formula is C18H14N4O4S. The van der Waals surface area contributed by atoms with Crippen LogP contribution in [0.3, 0.4) is 0 Å². The average molecular weight is 382 g/mol. The van der Waals surface area contributed by atoms with Crippen LogP contribution in [-0.4, -0.2) is 24.8 Å². The minimum Gasteiger partial charge on any atom is -0.306 e. The first-order valence-corrected chi connectivity index (χ1v) is 9.59. The number of nitro groups is 1. The lowest BCUT2D eigenvalue weighted by atomic mass is 10.1. The van der Waals surface area contributed by atoms with Crippen molar-refractivity contribution >= 4 is 28.2 Å². The Morgan fingerprint density at radius 2 is 1.81 bits per heavy atom. The molecular weight excluding hydrogens is 368 g/mol. The van der Waals surface area contributed by atoms with Crippen molar-refractivity contribution in [3.63, 3.8) is 0 Å². The fourth-order valence-electron chi connectivity index (χ4n) is 3.01. The van der Waals surface area contributed by atoms with Gasteiger partial charge in [0.1, 0.15) is 11.4 Å². The van der Waals surface area contributed by atoms with E-state index in [9.17, 15) is 19.1 Å². The Labute approximate surface area is 156 Å². The van der Waals surface area contributed by atoms with Gasteiger partial charge in [0.15, 0.2) is 0 Å². The molecule has 1 aliphatic heterocycles. The van der Waals surface area contributed by atoms with Crippen molar-refractivity contribution in [3.8, 4) is 5.69 Å². The van der Waals surface area contributed by atoms with Crippen molar-refractivity contribution in [2.24, 2.45) is 0 Å². The molecule has 0 saturated carbocycles. The van der Waals surface area contributed by atoms with Gasteiger partial charge in [0.25, 0.3) is 11.6 Å². The van der Waals surface area contributed by atoms with E-state index in [0.29, 0.717) is 22.8 Å². The molecule has 1 aliphatic rings. The highest BCUT2D eigenvalue weighted by Crippen LogP contribution is 2.32. The van der Waals surface area contributed by atoms with Crippen LogP contribution < -0.4 is 5.32 Å². The van der Waals surface area contributed by atoms with Crippen molar-refractivity contribution in [3.05, 3.63) is 81.5 Å². The molecule has 8 nitrogen and oxygen atoms in total. The molecule has 0 aliphatic carbocycles. The molecule has 0 spiro atoms. The summed E-state index contributed by atoms with van der Waals surface area (Å²) in [5, 5.41) is 18.4. The van der Waals surface area contributed by atoms with Crippen LogP contribution in [0.5, 0.6) is 0 Å². The molecule has 0 unspecified atom stereocenters. The number of anilines is 1. The van der Waals surface area contributed by atoms with Gasteiger partial charge >= 0.3 is 0 Å². The second-order valence-electron chi connectivity index (χ2n) is 5.98. The second-order valence-corrected chi connectivity index (χ2v) is 7.44. The molecule has 27 heavy (non-hydrogen) atoms. The largest absolute Gasteiger partial charge is 0.306 e. The molecule has 136 valence electrons. The van der Waals surface area contributed by atoms with Crippen LogP contribution in [0.2, 0.25) is 0 Å². The number of hydrogen-bond donors (Lipinski definition) is 1. The number of rotatable bonds is 4. The maximum Gasteiger partial charge on any atom is 0.282 e. The van der Waals surface area contributed by atoms with Crippen LogP contribution in [0, 0.1) is 10.1 Å². The zero-order valence-corrected chi connectivity index (χ0v) is 14.8. The van der Waals surface area contributed by atoms with E-state index < -0.39 is 21.6 Å². The second kappa shape index (κ2) is 6.76. The van der Waals surface area contributed by atoms with Crippen molar-refractivity contribution in [2.45, 2.75) is 11.5 Å². The Hall–Kier alpha value is -3.33. The maximum absolute atomic E-state index is 12.8. The van der Waals surface area contributed by atoms with E-state index in [1.165, 1.54) is 18.2 Å². The molecule has 1 N–H and O–H groups in total. The van der Waals surface area contributed by atoms with E-state index in [0.717, 1.165) is 5.69 Å². The number of nitrogens with zero attached hydrogens (tertiary/aromatic N) is 3. The molecule has 0 fully saturated rings. The van der Waals surface area contributed by atoms with Gasteiger partial charge in [-0.05, 0) is 18.2 Å². The third-order valence-corrected chi connectivity index (χ3v) is 5.45. The van der Waals surface area contributed by atoms with Crippen LogP contribution in [0.25, 0.3) is 5.69 Å². The topological polar surface area (TPSA) is 107 Å². The predicted octanol–water partition coefficient (Wildman–Crippen LogP) is 2.80. The number of amides is 1. The van der Waals surface area contributed by atoms with Crippen LogP contribution in [0.1, 0.15) is 21.6 Å². The molecule has 1 amide bonds. The monoisotopic (exact) mass is 382 g/mol. The van der Waals surface area contributed by atoms with Gasteiger partial charge in [0, 0.05) is 22.4 Å². The standard InChI is InChI=1S/C18H14N4O4S/c23-18(13-8-4-5-9-16(13)22(24)25)19-17-14-10-27(26)11-15(14)20-21(17)12-6-2-1-3-7-12/h1-9H,10-11H2,(H,19,23)/t27-/m1/s1. The Morgan fingerprint density at radius 3 is 2.56 bits per heavy atom. The van der Waals surface area contributed by atoms with Crippen molar-refractivity contribution in [1.29, 1.82) is 0 Å². The van der Waals surface area contributed by atoms with Crippen molar-refractivity contribution < 1.29 is 13.9 Å². The molecule has 0 saturated heterocycles. The number of hydrogen-bond acceptors (Lipinski definition) is 5. The lowest BCUT2D eigenvalue weighted by molar-refractivity contribution is -0.385. The van der Waals surface area contributed by atoms with E-state index >= 15 is 0 Å². The number of nitrogens with one attached hydrogen (secondary N) is 1. The highest BCUT2D eigenvalue weighted by molar-refractivity contribution is 7.83. The normalized spacial score (nSPS) is 15.3. The van der Waals surface area contributed by atoms with E-state index in [4.69, 9.17) is 0 Å². The van der Waals surface area contributed by atoms with Gasteiger partial charge < -0.3 is 5.32 Å².